The molecule has 0 saturated heterocycles. The third-order valence-corrected chi connectivity index (χ3v) is 12.5. The van der Waals surface area contributed by atoms with Gasteiger partial charge in [0.15, 0.2) is 6.10 Å². The average molecular weight is 998 g/mol. The van der Waals surface area contributed by atoms with Crippen LogP contribution in [0.1, 0.15) is 265 Å². The van der Waals surface area contributed by atoms with Crippen LogP contribution in [0.3, 0.4) is 0 Å². The predicted octanol–water partition coefficient (Wildman–Crippen LogP) is 20.9. The molecule has 410 valence electrons. The number of allylic oxidation sites excluding steroid dienone is 20. The van der Waals surface area contributed by atoms with E-state index < -0.39 is 6.10 Å². The smallest absolute Gasteiger partial charge is 0.306 e. The van der Waals surface area contributed by atoms with Crippen molar-refractivity contribution in [1.82, 2.24) is 0 Å². The number of carbonyl (C=O) groups is 2. The Bertz CT molecular complexity index is 1450. The Morgan fingerprint density at radius 1 is 0.319 bits per heavy atom. The first-order valence-electron chi connectivity index (χ1n) is 30.1. The summed E-state index contributed by atoms with van der Waals surface area (Å²) in [7, 11) is 0. The molecule has 1 unspecified atom stereocenters. The SMILES string of the molecule is CC/C=C\C/C=C\C/C=C\C/C=C\C/C=C\CCCCCC(=O)OCC(COCCCCCCCCCCCC/C=C\C/C=C\CCCCC)OC(=O)CCCCCCCCC/C=C\C/C=C\C/C=C\CC. The van der Waals surface area contributed by atoms with E-state index in [1.807, 2.05) is 0 Å². The van der Waals surface area contributed by atoms with Gasteiger partial charge in [-0.25, -0.2) is 0 Å². The fourth-order valence-electron chi connectivity index (χ4n) is 8.05. The van der Waals surface area contributed by atoms with Crippen LogP contribution >= 0.6 is 0 Å². The molecule has 0 aromatic heterocycles. The van der Waals surface area contributed by atoms with E-state index in [4.69, 9.17) is 14.2 Å². The van der Waals surface area contributed by atoms with Gasteiger partial charge in [0, 0.05) is 19.4 Å². The summed E-state index contributed by atoms with van der Waals surface area (Å²) in [4.78, 5) is 25.6. The van der Waals surface area contributed by atoms with Gasteiger partial charge >= 0.3 is 11.9 Å². The maximum Gasteiger partial charge on any atom is 0.306 e. The van der Waals surface area contributed by atoms with Crippen molar-refractivity contribution in [2.24, 2.45) is 0 Å². The van der Waals surface area contributed by atoms with Gasteiger partial charge in [0.25, 0.3) is 0 Å². The molecule has 0 radical (unpaired) electrons. The first-order chi connectivity index (χ1) is 35.6. The van der Waals surface area contributed by atoms with Crippen LogP contribution in [0.2, 0.25) is 0 Å². The number of hydrogen-bond donors (Lipinski definition) is 0. The Morgan fingerprint density at radius 2 is 0.625 bits per heavy atom. The number of ether oxygens (including phenoxy) is 3. The second-order valence-corrected chi connectivity index (χ2v) is 19.5. The highest BCUT2D eigenvalue weighted by Gasteiger charge is 2.17. The lowest BCUT2D eigenvalue weighted by molar-refractivity contribution is -0.163. The summed E-state index contributed by atoms with van der Waals surface area (Å²) in [6.07, 6.45) is 86.5. The molecule has 72 heavy (non-hydrogen) atoms. The maximum atomic E-state index is 12.9. The lowest BCUT2D eigenvalue weighted by Crippen LogP contribution is -2.30. The molecule has 1 atom stereocenters. The van der Waals surface area contributed by atoms with Gasteiger partial charge in [0.1, 0.15) is 6.61 Å². The third-order valence-electron chi connectivity index (χ3n) is 12.5. The first kappa shape index (κ1) is 68.3. The Hall–Kier alpha value is -3.70. The van der Waals surface area contributed by atoms with E-state index in [0.29, 0.717) is 19.4 Å². The minimum atomic E-state index is -0.567. The van der Waals surface area contributed by atoms with E-state index in [1.54, 1.807) is 0 Å². The van der Waals surface area contributed by atoms with Gasteiger partial charge < -0.3 is 14.2 Å². The van der Waals surface area contributed by atoms with Gasteiger partial charge in [0.05, 0.1) is 6.61 Å². The second kappa shape index (κ2) is 61.6. The molecule has 0 rings (SSSR count). The van der Waals surface area contributed by atoms with E-state index in [2.05, 4.69) is 142 Å². The summed E-state index contributed by atoms with van der Waals surface area (Å²) in [6, 6.07) is 0. The summed E-state index contributed by atoms with van der Waals surface area (Å²) in [5.74, 6) is -0.448. The zero-order chi connectivity index (χ0) is 52.0. The quantitative estimate of drug-likeness (QED) is 0.0345. The molecular weight excluding hydrogens is 885 g/mol. The van der Waals surface area contributed by atoms with Crippen molar-refractivity contribution < 1.29 is 23.8 Å². The average Bonchev–Trinajstić information content (AvgIpc) is 3.38. The van der Waals surface area contributed by atoms with Crippen LogP contribution in [0.25, 0.3) is 0 Å². The van der Waals surface area contributed by atoms with Crippen molar-refractivity contribution in [2.45, 2.75) is 271 Å². The third kappa shape index (κ3) is 58.9. The minimum absolute atomic E-state index is 0.0562. The zero-order valence-corrected chi connectivity index (χ0v) is 47.2. The summed E-state index contributed by atoms with van der Waals surface area (Å²) in [5, 5.41) is 0. The van der Waals surface area contributed by atoms with Gasteiger partial charge in [-0.2, -0.15) is 0 Å². The number of esters is 2. The summed E-state index contributed by atoms with van der Waals surface area (Å²) in [5.41, 5.74) is 0. The largest absolute Gasteiger partial charge is 0.462 e. The molecule has 0 aliphatic heterocycles. The molecule has 0 aromatic carbocycles. The topological polar surface area (TPSA) is 61.8 Å². The van der Waals surface area contributed by atoms with Crippen molar-refractivity contribution in [3.63, 3.8) is 0 Å². The van der Waals surface area contributed by atoms with Gasteiger partial charge in [-0.15, -0.1) is 0 Å². The van der Waals surface area contributed by atoms with Crippen molar-refractivity contribution >= 4 is 11.9 Å². The number of carbonyl (C=O) groups excluding carboxylic acids is 2. The molecule has 0 saturated carbocycles. The number of rotatable bonds is 54. The standard InChI is InChI=1S/C67H112O5/c1-4-7-10-13-16-19-22-25-28-31-33-35-38-41-44-47-50-53-56-59-62-70-63-65(72-67(69)61-58-55-52-49-46-43-40-36-30-27-24-21-18-15-12-9-6-3)64-71-66(68)60-57-54-51-48-45-42-39-37-34-32-29-26-23-20-17-14-11-8-5-2/h8-9,11-12,16-21,25-30,34,37,42,45,65H,4-7,10,13-15,22-24,31-33,35-36,38-41,43-44,46-64H2,1-3H3/b11-8-,12-9-,19-16-,20-17-,21-18-,28-25-,29-26-,30-27-,37-34-,45-42-. The molecule has 5 nitrogen and oxygen atoms in total. The van der Waals surface area contributed by atoms with Crippen molar-refractivity contribution in [3.8, 4) is 0 Å². The van der Waals surface area contributed by atoms with Crippen molar-refractivity contribution in [2.75, 3.05) is 19.8 Å². The Labute approximate surface area is 446 Å². The number of unbranched alkanes of at least 4 members (excludes halogenated alkanes) is 23. The molecule has 0 bridgehead atoms. The summed E-state index contributed by atoms with van der Waals surface area (Å²) >= 11 is 0. The van der Waals surface area contributed by atoms with Crippen LogP contribution in [0, 0.1) is 0 Å². The van der Waals surface area contributed by atoms with E-state index in [9.17, 15) is 9.59 Å². The van der Waals surface area contributed by atoms with E-state index >= 15 is 0 Å². The monoisotopic (exact) mass is 997 g/mol. The van der Waals surface area contributed by atoms with Crippen LogP contribution < -0.4 is 0 Å². The highest BCUT2D eigenvalue weighted by Crippen LogP contribution is 2.14. The molecule has 0 amide bonds. The number of hydrogen-bond acceptors (Lipinski definition) is 5. The van der Waals surface area contributed by atoms with E-state index in [1.165, 1.54) is 109 Å². The molecule has 0 N–H and O–H groups in total. The van der Waals surface area contributed by atoms with Crippen molar-refractivity contribution in [3.05, 3.63) is 122 Å². The molecule has 0 heterocycles. The highest BCUT2D eigenvalue weighted by molar-refractivity contribution is 5.70. The first-order valence-corrected chi connectivity index (χ1v) is 30.1. The lowest BCUT2D eigenvalue weighted by Gasteiger charge is -2.18. The normalized spacial score (nSPS) is 13.1. The van der Waals surface area contributed by atoms with Crippen LogP contribution in [0.4, 0.5) is 0 Å². The summed E-state index contributed by atoms with van der Waals surface area (Å²) < 4.78 is 17.5. The maximum absolute atomic E-state index is 12.9. The lowest BCUT2D eigenvalue weighted by atomic mass is 10.1. The molecule has 0 fully saturated rings. The Balaban J connectivity index is 4.37. The Morgan fingerprint density at radius 3 is 1.01 bits per heavy atom. The van der Waals surface area contributed by atoms with Crippen molar-refractivity contribution in [1.29, 1.82) is 0 Å². The van der Waals surface area contributed by atoms with Gasteiger partial charge in [-0.1, -0.05) is 245 Å². The van der Waals surface area contributed by atoms with Crippen LogP contribution in [-0.2, 0) is 23.8 Å². The molecule has 0 aliphatic carbocycles. The fourth-order valence-corrected chi connectivity index (χ4v) is 8.05. The minimum Gasteiger partial charge on any atom is -0.462 e. The van der Waals surface area contributed by atoms with Gasteiger partial charge in [0.2, 0.25) is 0 Å². The van der Waals surface area contributed by atoms with E-state index in [-0.39, 0.29) is 25.2 Å². The van der Waals surface area contributed by atoms with Crippen LogP contribution in [0.15, 0.2) is 122 Å². The second-order valence-electron chi connectivity index (χ2n) is 19.5. The van der Waals surface area contributed by atoms with Crippen LogP contribution in [-0.4, -0.2) is 37.9 Å². The van der Waals surface area contributed by atoms with E-state index in [0.717, 1.165) is 122 Å². The van der Waals surface area contributed by atoms with Gasteiger partial charge in [-0.3, -0.25) is 9.59 Å². The molecule has 0 aliphatic rings. The summed E-state index contributed by atoms with van der Waals surface area (Å²) in [6.45, 7) is 7.54. The molecular formula is C67H112O5. The molecule has 0 aromatic rings. The molecule has 5 heteroatoms. The molecule has 0 spiro atoms. The van der Waals surface area contributed by atoms with Crippen LogP contribution in [0.5, 0.6) is 0 Å². The fraction of sp³-hybridized carbons (Fsp3) is 0.672. The van der Waals surface area contributed by atoms with Gasteiger partial charge in [-0.05, 0) is 128 Å². The predicted molar refractivity (Wildman–Crippen MR) is 316 cm³/mol. The Kier molecular flexibility index (Phi) is 58.4. The highest BCUT2D eigenvalue weighted by atomic mass is 16.6. The zero-order valence-electron chi connectivity index (χ0n) is 47.2.